The molecule has 2 aromatic heterocycles. The summed E-state index contributed by atoms with van der Waals surface area (Å²) < 4.78 is 5.10. The van der Waals surface area contributed by atoms with Gasteiger partial charge in [-0.15, -0.1) is 11.3 Å². The monoisotopic (exact) mass is 360 g/mol. The van der Waals surface area contributed by atoms with Crippen LogP contribution >= 0.6 is 11.3 Å². The maximum atomic E-state index is 12.9. The fourth-order valence-electron chi connectivity index (χ4n) is 2.86. The van der Waals surface area contributed by atoms with Crippen LogP contribution in [0.25, 0.3) is 10.8 Å². The number of rotatable bonds is 4. The topological polar surface area (TPSA) is 85.3 Å². The van der Waals surface area contributed by atoms with Crippen molar-refractivity contribution in [1.82, 2.24) is 19.9 Å². The first-order valence-corrected chi connectivity index (χ1v) is 9.12. The molecular formula is C17H20N4O3S. The van der Waals surface area contributed by atoms with Crippen molar-refractivity contribution in [3.05, 3.63) is 29.0 Å². The van der Waals surface area contributed by atoms with Crippen molar-refractivity contribution < 1.29 is 14.3 Å². The molecule has 1 aliphatic rings. The van der Waals surface area contributed by atoms with Gasteiger partial charge in [-0.2, -0.15) is 0 Å². The maximum Gasteiger partial charge on any atom is 0.310 e. The van der Waals surface area contributed by atoms with E-state index in [2.05, 4.69) is 15.0 Å². The summed E-state index contributed by atoms with van der Waals surface area (Å²) in [7, 11) is 0. The van der Waals surface area contributed by atoms with Crippen molar-refractivity contribution in [2.75, 3.05) is 19.7 Å². The molecule has 7 nitrogen and oxygen atoms in total. The number of carbonyl (C=O) groups is 2. The van der Waals surface area contributed by atoms with E-state index in [1.54, 1.807) is 30.3 Å². The van der Waals surface area contributed by atoms with Gasteiger partial charge in [-0.1, -0.05) is 0 Å². The van der Waals surface area contributed by atoms with E-state index in [4.69, 9.17) is 4.74 Å². The molecule has 1 unspecified atom stereocenters. The largest absolute Gasteiger partial charge is 0.466 e. The van der Waals surface area contributed by atoms with E-state index in [1.165, 1.54) is 11.3 Å². The minimum atomic E-state index is -0.247. The van der Waals surface area contributed by atoms with Crippen molar-refractivity contribution >= 4 is 23.2 Å². The first-order chi connectivity index (χ1) is 12.1. The van der Waals surface area contributed by atoms with Crippen LogP contribution in [0.3, 0.4) is 0 Å². The molecule has 0 aromatic carbocycles. The van der Waals surface area contributed by atoms with Crippen LogP contribution in [0.15, 0.2) is 18.5 Å². The number of piperidine rings is 1. The lowest BCUT2D eigenvalue weighted by Gasteiger charge is -2.31. The lowest BCUT2D eigenvalue weighted by atomic mass is 9.98. The molecule has 0 saturated carbocycles. The summed E-state index contributed by atoms with van der Waals surface area (Å²) in [5.74, 6) is -0.0499. The van der Waals surface area contributed by atoms with Gasteiger partial charge in [0.2, 0.25) is 0 Å². The third kappa shape index (κ3) is 3.84. The van der Waals surface area contributed by atoms with Gasteiger partial charge in [0.05, 0.1) is 18.2 Å². The number of esters is 1. The Bertz CT molecular complexity index is 763. The summed E-state index contributed by atoms with van der Waals surface area (Å²) >= 11 is 1.29. The quantitative estimate of drug-likeness (QED) is 0.778. The Morgan fingerprint density at radius 2 is 2.12 bits per heavy atom. The zero-order valence-corrected chi connectivity index (χ0v) is 15.1. The van der Waals surface area contributed by atoms with Gasteiger partial charge in [-0.3, -0.25) is 9.59 Å². The molecule has 1 atom stereocenters. The Morgan fingerprint density at radius 3 is 2.84 bits per heavy atom. The number of carbonyl (C=O) groups excluding carboxylic acids is 2. The summed E-state index contributed by atoms with van der Waals surface area (Å²) in [4.78, 5) is 40.0. The number of aryl methyl sites for hydroxylation is 1. The van der Waals surface area contributed by atoms with Crippen molar-refractivity contribution in [3.63, 3.8) is 0 Å². The summed E-state index contributed by atoms with van der Waals surface area (Å²) in [6, 6.07) is 1.74. The van der Waals surface area contributed by atoms with Crippen LogP contribution < -0.4 is 0 Å². The predicted octanol–water partition coefficient (Wildman–Crippen LogP) is 2.32. The lowest BCUT2D eigenvalue weighted by Crippen LogP contribution is -2.42. The van der Waals surface area contributed by atoms with Crippen molar-refractivity contribution in [2.24, 2.45) is 5.92 Å². The van der Waals surface area contributed by atoms with Crippen LogP contribution in [-0.4, -0.2) is 51.4 Å². The van der Waals surface area contributed by atoms with E-state index >= 15 is 0 Å². The molecule has 0 bridgehead atoms. The molecule has 25 heavy (non-hydrogen) atoms. The van der Waals surface area contributed by atoms with Crippen molar-refractivity contribution in [2.45, 2.75) is 26.7 Å². The fraction of sp³-hybridized carbons (Fsp3) is 0.471. The minimum absolute atomic E-state index is 0.0915. The Kier molecular flexibility index (Phi) is 5.37. The van der Waals surface area contributed by atoms with Crippen LogP contribution in [0.2, 0.25) is 0 Å². The SMILES string of the molecule is CCOC(=O)C1CCCN(C(=O)c2sc(-c3ncccn3)nc2C)C1. The second kappa shape index (κ2) is 7.69. The second-order valence-corrected chi connectivity index (χ2v) is 6.85. The van der Waals surface area contributed by atoms with Gasteiger partial charge in [0.25, 0.3) is 5.91 Å². The molecule has 1 amide bonds. The van der Waals surface area contributed by atoms with Gasteiger partial charge >= 0.3 is 5.97 Å². The van der Waals surface area contributed by atoms with Gasteiger partial charge in [0.1, 0.15) is 4.88 Å². The third-order valence-electron chi connectivity index (χ3n) is 4.08. The van der Waals surface area contributed by atoms with E-state index < -0.39 is 0 Å². The normalized spacial score (nSPS) is 17.4. The fourth-order valence-corrected chi connectivity index (χ4v) is 3.84. The average molecular weight is 360 g/mol. The molecule has 3 rings (SSSR count). The van der Waals surface area contributed by atoms with Crippen LogP contribution in [0.1, 0.15) is 35.1 Å². The van der Waals surface area contributed by atoms with Gasteiger partial charge in [-0.25, -0.2) is 15.0 Å². The molecule has 1 saturated heterocycles. The molecule has 0 spiro atoms. The summed E-state index contributed by atoms with van der Waals surface area (Å²) in [6.45, 7) is 4.99. The highest BCUT2D eigenvalue weighted by Crippen LogP contribution is 2.28. The summed E-state index contributed by atoms with van der Waals surface area (Å²) in [5.41, 5.74) is 0.663. The second-order valence-electron chi connectivity index (χ2n) is 5.85. The molecule has 132 valence electrons. The van der Waals surface area contributed by atoms with Gasteiger partial charge in [0, 0.05) is 25.5 Å². The van der Waals surface area contributed by atoms with E-state index in [0.29, 0.717) is 41.1 Å². The molecule has 0 aliphatic carbocycles. The summed E-state index contributed by atoms with van der Waals surface area (Å²) in [6.07, 6.45) is 4.85. The number of amides is 1. The van der Waals surface area contributed by atoms with Crippen molar-refractivity contribution in [1.29, 1.82) is 0 Å². The first-order valence-electron chi connectivity index (χ1n) is 8.31. The van der Waals surface area contributed by atoms with Crippen LogP contribution in [0.4, 0.5) is 0 Å². The zero-order chi connectivity index (χ0) is 17.8. The van der Waals surface area contributed by atoms with Gasteiger partial charge in [0.15, 0.2) is 10.8 Å². The number of thiazole rings is 1. The number of aromatic nitrogens is 3. The number of ether oxygens (including phenoxy) is 1. The highest BCUT2D eigenvalue weighted by atomic mass is 32.1. The summed E-state index contributed by atoms with van der Waals surface area (Å²) in [5, 5.41) is 0.625. The van der Waals surface area contributed by atoms with Gasteiger partial charge in [-0.05, 0) is 32.8 Å². The third-order valence-corrected chi connectivity index (χ3v) is 5.22. The Balaban J connectivity index is 1.77. The number of likely N-dealkylation sites (tertiary alicyclic amines) is 1. The smallest absolute Gasteiger partial charge is 0.310 e. The standard InChI is InChI=1S/C17H20N4O3S/c1-3-24-17(23)12-6-4-9-21(10-12)16(22)13-11(2)20-15(25-13)14-18-7-5-8-19-14/h5,7-8,12H,3-4,6,9-10H2,1-2H3. The molecular weight excluding hydrogens is 340 g/mol. The molecule has 8 heteroatoms. The molecule has 2 aromatic rings. The zero-order valence-electron chi connectivity index (χ0n) is 14.3. The first kappa shape index (κ1) is 17.5. The minimum Gasteiger partial charge on any atom is -0.466 e. The molecule has 0 N–H and O–H groups in total. The number of hydrogen-bond acceptors (Lipinski definition) is 7. The van der Waals surface area contributed by atoms with E-state index in [1.807, 2.05) is 6.92 Å². The molecule has 0 radical (unpaired) electrons. The van der Waals surface area contributed by atoms with E-state index in [9.17, 15) is 9.59 Å². The Morgan fingerprint density at radius 1 is 1.36 bits per heavy atom. The predicted molar refractivity (Wildman–Crippen MR) is 93.1 cm³/mol. The molecule has 1 aliphatic heterocycles. The van der Waals surface area contributed by atoms with Crippen LogP contribution in [-0.2, 0) is 9.53 Å². The molecule has 1 fully saturated rings. The molecule has 3 heterocycles. The lowest BCUT2D eigenvalue weighted by molar-refractivity contribution is -0.149. The Hall–Kier alpha value is -2.35. The number of hydrogen-bond donors (Lipinski definition) is 0. The van der Waals surface area contributed by atoms with E-state index in [-0.39, 0.29) is 17.8 Å². The van der Waals surface area contributed by atoms with Crippen molar-refractivity contribution in [3.8, 4) is 10.8 Å². The number of nitrogens with zero attached hydrogens (tertiary/aromatic N) is 4. The highest BCUT2D eigenvalue weighted by molar-refractivity contribution is 7.17. The van der Waals surface area contributed by atoms with Crippen LogP contribution in [0, 0.1) is 12.8 Å². The Labute approximate surface area is 150 Å². The van der Waals surface area contributed by atoms with E-state index in [0.717, 1.165) is 12.8 Å². The average Bonchev–Trinajstić information content (AvgIpc) is 3.04. The van der Waals surface area contributed by atoms with Gasteiger partial charge < -0.3 is 9.64 Å². The highest BCUT2D eigenvalue weighted by Gasteiger charge is 2.31. The maximum absolute atomic E-state index is 12.9. The van der Waals surface area contributed by atoms with Crippen LogP contribution in [0.5, 0.6) is 0 Å².